The summed E-state index contributed by atoms with van der Waals surface area (Å²) in [5.74, 6) is 1.04. The van der Waals surface area contributed by atoms with Gasteiger partial charge in [-0.25, -0.2) is 0 Å². The molecule has 0 aliphatic heterocycles. The van der Waals surface area contributed by atoms with Crippen molar-refractivity contribution in [2.75, 3.05) is 12.0 Å². The first kappa shape index (κ1) is 10.4. The number of aryl methyl sites for hydroxylation is 1. The Balaban J connectivity index is 2.67. The number of hydrogen-bond acceptors (Lipinski definition) is 2. The van der Waals surface area contributed by atoms with E-state index in [1.807, 2.05) is 23.9 Å². The summed E-state index contributed by atoms with van der Waals surface area (Å²) in [6.45, 7) is 3.18. The molecule has 0 unspecified atom stereocenters. The summed E-state index contributed by atoms with van der Waals surface area (Å²) in [6, 6.07) is 8.33. The van der Waals surface area contributed by atoms with E-state index in [0.29, 0.717) is 0 Å². The molecule has 1 heterocycles. The molecule has 2 rings (SSSR count). The van der Waals surface area contributed by atoms with Crippen molar-refractivity contribution in [3.8, 4) is 0 Å². The molecule has 2 aromatic rings. The first-order valence-corrected chi connectivity index (χ1v) is 6.52. The van der Waals surface area contributed by atoms with Crippen molar-refractivity contribution >= 4 is 28.4 Å². The van der Waals surface area contributed by atoms with Gasteiger partial charge in [0.1, 0.15) is 0 Å². The van der Waals surface area contributed by atoms with E-state index in [9.17, 15) is 0 Å². The standard InChI is InChI=1S/C12H16N2S/c1-3-14-9(8-15-2)7-10-11(13)5-4-6-12(10)14/h4-7H,3,8,13H2,1-2H3. The molecule has 0 aliphatic rings. The molecule has 0 bridgehead atoms. The zero-order valence-corrected chi connectivity index (χ0v) is 9.97. The van der Waals surface area contributed by atoms with Crippen LogP contribution in [0.25, 0.3) is 10.9 Å². The number of hydrogen-bond donors (Lipinski definition) is 1. The predicted octanol–water partition coefficient (Wildman–Crippen LogP) is 3.11. The van der Waals surface area contributed by atoms with E-state index in [-0.39, 0.29) is 0 Å². The Bertz CT molecular complexity index is 474. The van der Waals surface area contributed by atoms with Crippen LogP contribution >= 0.6 is 11.8 Å². The second kappa shape index (κ2) is 4.19. The van der Waals surface area contributed by atoms with Crippen LogP contribution in [0.5, 0.6) is 0 Å². The number of anilines is 1. The third-order valence-electron chi connectivity index (χ3n) is 2.67. The summed E-state index contributed by atoms with van der Waals surface area (Å²) in [4.78, 5) is 0. The zero-order chi connectivity index (χ0) is 10.8. The molecule has 1 aromatic heterocycles. The van der Waals surface area contributed by atoms with Gasteiger partial charge in [-0.1, -0.05) is 6.07 Å². The van der Waals surface area contributed by atoms with Crippen LogP contribution < -0.4 is 5.73 Å². The van der Waals surface area contributed by atoms with Crippen LogP contribution in [0.2, 0.25) is 0 Å². The van der Waals surface area contributed by atoms with Crippen molar-refractivity contribution in [3.63, 3.8) is 0 Å². The topological polar surface area (TPSA) is 30.9 Å². The van der Waals surface area contributed by atoms with Crippen molar-refractivity contribution in [2.45, 2.75) is 19.2 Å². The molecule has 0 radical (unpaired) electrons. The third-order valence-corrected chi connectivity index (χ3v) is 3.26. The van der Waals surface area contributed by atoms with Crippen LogP contribution in [0.4, 0.5) is 5.69 Å². The normalized spacial score (nSPS) is 11.1. The number of nitrogen functional groups attached to an aromatic ring is 1. The molecule has 80 valence electrons. The van der Waals surface area contributed by atoms with Gasteiger partial charge in [-0.2, -0.15) is 11.8 Å². The number of thioether (sulfide) groups is 1. The van der Waals surface area contributed by atoms with Gasteiger partial charge in [0.2, 0.25) is 0 Å². The minimum Gasteiger partial charge on any atom is -0.398 e. The first-order chi connectivity index (χ1) is 7.27. The number of rotatable bonds is 3. The lowest BCUT2D eigenvalue weighted by Gasteiger charge is -2.06. The van der Waals surface area contributed by atoms with E-state index < -0.39 is 0 Å². The van der Waals surface area contributed by atoms with E-state index >= 15 is 0 Å². The largest absolute Gasteiger partial charge is 0.398 e. The Morgan fingerprint density at radius 3 is 2.87 bits per heavy atom. The third kappa shape index (κ3) is 1.72. The highest BCUT2D eigenvalue weighted by atomic mass is 32.2. The van der Waals surface area contributed by atoms with Crippen LogP contribution in [0.3, 0.4) is 0 Å². The molecule has 0 saturated carbocycles. The molecule has 0 spiro atoms. The van der Waals surface area contributed by atoms with Crippen molar-refractivity contribution < 1.29 is 0 Å². The lowest BCUT2D eigenvalue weighted by atomic mass is 10.2. The van der Waals surface area contributed by atoms with Crippen LogP contribution in [-0.2, 0) is 12.3 Å². The molecular weight excluding hydrogens is 204 g/mol. The highest BCUT2D eigenvalue weighted by Crippen LogP contribution is 2.26. The van der Waals surface area contributed by atoms with Gasteiger partial charge in [-0.05, 0) is 31.4 Å². The van der Waals surface area contributed by atoms with Gasteiger partial charge in [-0.15, -0.1) is 0 Å². The van der Waals surface area contributed by atoms with Gasteiger partial charge >= 0.3 is 0 Å². The molecule has 2 N–H and O–H groups in total. The van der Waals surface area contributed by atoms with Crippen LogP contribution in [0.1, 0.15) is 12.6 Å². The van der Waals surface area contributed by atoms with Gasteiger partial charge in [-0.3, -0.25) is 0 Å². The number of fused-ring (bicyclic) bond motifs is 1. The Labute approximate surface area is 94.5 Å². The minimum absolute atomic E-state index is 0.877. The van der Waals surface area contributed by atoms with Gasteiger partial charge < -0.3 is 10.3 Å². The highest BCUT2D eigenvalue weighted by Gasteiger charge is 2.08. The van der Waals surface area contributed by atoms with E-state index in [1.54, 1.807) is 0 Å². The monoisotopic (exact) mass is 220 g/mol. The molecule has 3 heteroatoms. The fraction of sp³-hybridized carbons (Fsp3) is 0.333. The summed E-state index contributed by atoms with van der Waals surface area (Å²) in [5, 5.41) is 1.18. The van der Waals surface area contributed by atoms with E-state index in [0.717, 1.165) is 18.0 Å². The Kier molecular flexibility index (Phi) is 2.91. The zero-order valence-electron chi connectivity index (χ0n) is 9.16. The molecule has 15 heavy (non-hydrogen) atoms. The van der Waals surface area contributed by atoms with Crippen molar-refractivity contribution in [1.29, 1.82) is 0 Å². The Morgan fingerprint density at radius 2 is 2.20 bits per heavy atom. The number of nitrogens with two attached hydrogens (primary N) is 1. The fourth-order valence-corrected chi connectivity index (χ4v) is 2.54. The summed E-state index contributed by atoms with van der Waals surface area (Å²) >= 11 is 1.84. The van der Waals surface area contributed by atoms with Crippen LogP contribution in [-0.4, -0.2) is 10.8 Å². The van der Waals surface area contributed by atoms with Gasteiger partial charge in [0.05, 0.1) is 5.52 Å². The quantitative estimate of drug-likeness (QED) is 0.806. The smallest absolute Gasteiger partial charge is 0.0503 e. The average molecular weight is 220 g/mol. The number of nitrogens with zero attached hydrogens (tertiary/aromatic N) is 1. The van der Waals surface area contributed by atoms with Crippen molar-refractivity contribution in [3.05, 3.63) is 30.0 Å². The van der Waals surface area contributed by atoms with Gasteiger partial charge in [0, 0.05) is 29.1 Å². The predicted molar refractivity (Wildman–Crippen MR) is 69.2 cm³/mol. The highest BCUT2D eigenvalue weighted by molar-refractivity contribution is 7.97. The molecule has 0 amide bonds. The molecular formula is C12H16N2S. The maximum absolute atomic E-state index is 5.97. The maximum Gasteiger partial charge on any atom is 0.0503 e. The van der Waals surface area contributed by atoms with E-state index in [2.05, 4.69) is 29.9 Å². The van der Waals surface area contributed by atoms with Crippen molar-refractivity contribution in [1.82, 2.24) is 4.57 Å². The second-order valence-electron chi connectivity index (χ2n) is 3.59. The Morgan fingerprint density at radius 1 is 1.40 bits per heavy atom. The maximum atomic E-state index is 5.97. The molecule has 2 nitrogen and oxygen atoms in total. The van der Waals surface area contributed by atoms with E-state index in [4.69, 9.17) is 5.73 Å². The Hall–Kier alpha value is -1.09. The molecule has 0 atom stereocenters. The second-order valence-corrected chi connectivity index (χ2v) is 4.46. The molecule has 1 aromatic carbocycles. The summed E-state index contributed by atoms with van der Waals surface area (Å²) in [6.07, 6.45) is 2.13. The van der Waals surface area contributed by atoms with Gasteiger partial charge in [0.15, 0.2) is 0 Å². The van der Waals surface area contributed by atoms with Crippen LogP contribution in [0, 0.1) is 0 Å². The van der Waals surface area contributed by atoms with Gasteiger partial charge in [0.25, 0.3) is 0 Å². The van der Waals surface area contributed by atoms with Crippen LogP contribution in [0.15, 0.2) is 24.3 Å². The number of aromatic nitrogens is 1. The SMILES string of the molecule is CCn1c(CSC)cc2c(N)cccc21. The molecule has 0 aliphatic carbocycles. The lowest BCUT2D eigenvalue weighted by molar-refractivity contribution is 0.766. The summed E-state index contributed by atoms with van der Waals surface area (Å²) in [5.41, 5.74) is 9.46. The summed E-state index contributed by atoms with van der Waals surface area (Å²) < 4.78 is 2.34. The molecule has 0 saturated heterocycles. The lowest BCUT2D eigenvalue weighted by Crippen LogP contribution is -1.98. The summed E-state index contributed by atoms with van der Waals surface area (Å²) in [7, 11) is 0. The van der Waals surface area contributed by atoms with Crippen molar-refractivity contribution in [2.24, 2.45) is 0 Å². The fourth-order valence-electron chi connectivity index (χ4n) is 2.00. The minimum atomic E-state index is 0.877. The first-order valence-electron chi connectivity index (χ1n) is 5.13. The number of benzene rings is 1. The molecule has 0 fully saturated rings. The van der Waals surface area contributed by atoms with E-state index in [1.165, 1.54) is 16.6 Å². The average Bonchev–Trinajstić information content (AvgIpc) is 2.58.